The number of hydrogen-bond donors (Lipinski definition) is 1. The van der Waals surface area contributed by atoms with Crippen LogP contribution in [0.15, 0.2) is 47.4 Å². The molecule has 1 fully saturated rings. The number of rotatable bonds is 7. The molecule has 1 aliphatic heterocycles. The van der Waals surface area contributed by atoms with E-state index in [9.17, 15) is 18.5 Å². The van der Waals surface area contributed by atoms with Gasteiger partial charge in [-0.2, -0.15) is 0 Å². The summed E-state index contributed by atoms with van der Waals surface area (Å²) in [7, 11) is -4.02. The first-order valence-electron chi connectivity index (χ1n) is 8.98. The van der Waals surface area contributed by atoms with Gasteiger partial charge in [0.1, 0.15) is 0 Å². The van der Waals surface area contributed by atoms with E-state index < -0.39 is 20.6 Å². The summed E-state index contributed by atoms with van der Waals surface area (Å²) in [5, 5.41) is 11.2. The maximum atomic E-state index is 12.7. The van der Waals surface area contributed by atoms with Gasteiger partial charge in [0, 0.05) is 32.2 Å². The molecule has 0 aromatic heterocycles. The number of nitrogens with one attached hydrogen (secondary N) is 1. The van der Waals surface area contributed by atoms with Crippen LogP contribution < -0.4 is 4.72 Å². The topological polar surface area (TPSA) is 102 Å². The second-order valence-corrected chi connectivity index (χ2v) is 8.42. The number of aryl methyl sites for hydroxylation is 1. The molecule has 0 spiro atoms. The molecule has 0 atom stereocenters. The highest BCUT2D eigenvalue weighted by Crippen LogP contribution is 2.26. The van der Waals surface area contributed by atoms with Crippen molar-refractivity contribution in [2.75, 3.05) is 26.3 Å². The molecule has 0 amide bonds. The zero-order chi connectivity index (χ0) is 20.1. The lowest BCUT2D eigenvalue weighted by molar-refractivity contribution is -0.387. The number of sulfonamides is 1. The zero-order valence-corrected chi connectivity index (χ0v) is 16.4. The van der Waals surface area contributed by atoms with Gasteiger partial charge in [-0.1, -0.05) is 36.4 Å². The fraction of sp³-hybridized carbons (Fsp3) is 0.368. The quantitative estimate of drug-likeness (QED) is 0.560. The first kappa shape index (κ1) is 20.4. The first-order valence-corrected chi connectivity index (χ1v) is 10.5. The minimum Gasteiger partial charge on any atom is -0.379 e. The van der Waals surface area contributed by atoms with Crippen molar-refractivity contribution < 1.29 is 18.1 Å². The van der Waals surface area contributed by atoms with E-state index in [-0.39, 0.29) is 11.4 Å². The van der Waals surface area contributed by atoms with Gasteiger partial charge >= 0.3 is 0 Å². The molecule has 1 heterocycles. The Morgan fingerprint density at radius 3 is 2.54 bits per heavy atom. The third-order valence-corrected chi connectivity index (χ3v) is 6.22. The fourth-order valence-electron chi connectivity index (χ4n) is 3.24. The number of hydrogen-bond acceptors (Lipinski definition) is 6. The van der Waals surface area contributed by atoms with Crippen LogP contribution in [-0.4, -0.2) is 44.5 Å². The lowest BCUT2D eigenvalue weighted by Gasteiger charge is -2.26. The second-order valence-electron chi connectivity index (χ2n) is 6.71. The molecule has 0 bridgehead atoms. The number of benzene rings is 2. The van der Waals surface area contributed by atoms with Crippen molar-refractivity contribution in [1.82, 2.24) is 9.62 Å². The Morgan fingerprint density at radius 2 is 1.82 bits per heavy atom. The first-order chi connectivity index (χ1) is 13.4. The van der Waals surface area contributed by atoms with E-state index in [1.54, 1.807) is 13.0 Å². The van der Waals surface area contributed by atoms with Gasteiger partial charge in [0.25, 0.3) is 5.69 Å². The molecule has 1 saturated heterocycles. The summed E-state index contributed by atoms with van der Waals surface area (Å²) in [6.45, 7) is 5.55. The maximum Gasteiger partial charge on any atom is 0.289 e. The summed E-state index contributed by atoms with van der Waals surface area (Å²) in [6, 6.07) is 11.9. The molecule has 28 heavy (non-hydrogen) atoms. The highest BCUT2D eigenvalue weighted by Gasteiger charge is 2.27. The van der Waals surface area contributed by atoms with Crippen molar-refractivity contribution in [2.45, 2.75) is 24.9 Å². The normalized spacial score (nSPS) is 15.5. The summed E-state index contributed by atoms with van der Waals surface area (Å²) < 4.78 is 33.3. The molecular weight excluding hydrogens is 382 g/mol. The average molecular weight is 405 g/mol. The third kappa shape index (κ3) is 4.93. The number of ether oxygens (including phenoxy) is 1. The highest BCUT2D eigenvalue weighted by molar-refractivity contribution is 7.89. The van der Waals surface area contributed by atoms with Crippen molar-refractivity contribution in [2.24, 2.45) is 0 Å². The SMILES string of the molecule is Cc1cccc([N+](=O)[O-])c1S(=O)(=O)NCc1cccc(CN2CCOCC2)c1. The lowest BCUT2D eigenvalue weighted by atomic mass is 10.1. The molecule has 1 aliphatic rings. The van der Waals surface area contributed by atoms with Gasteiger partial charge in [-0.25, -0.2) is 13.1 Å². The van der Waals surface area contributed by atoms with Gasteiger partial charge in [-0.05, 0) is 23.6 Å². The molecule has 0 saturated carbocycles. The second kappa shape index (κ2) is 8.78. The summed E-state index contributed by atoms with van der Waals surface area (Å²) >= 11 is 0. The van der Waals surface area contributed by atoms with Crippen LogP contribution in [0.5, 0.6) is 0 Å². The maximum absolute atomic E-state index is 12.7. The third-order valence-electron chi connectivity index (χ3n) is 4.62. The molecule has 2 aromatic carbocycles. The van der Waals surface area contributed by atoms with Crippen LogP contribution >= 0.6 is 0 Å². The average Bonchev–Trinajstić information content (AvgIpc) is 2.67. The predicted molar refractivity (Wildman–Crippen MR) is 104 cm³/mol. The van der Waals surface area contributed by atoms with Gasteiger partial charge in [0.15, 0.2) is 4.90 Å². The van der Waals surface area contributed by atoms with Crippen molar-refractivity contribution in [3.8, 4) is 0 Å². The fourth-order valence-corrected chi connectivity index (χ4v) is 4.65. The lowest BCUT2D eigenvalue weighted by Crippen LogP contribution is -2.35. The van der Waals surface area contributed by atoms with E-state index in [0.29, 0.717) is 18.8 Å². The summed E-state index contributed by atoms with van der Waals surface area (Å²) in [5.74, 6) is 0. The number of morpholine rings is 1. The van der Waals surface area contributed by atoms with Gasteiger partial charge in [-0.15, -0.1) is 0 Å². The molecule has 3 rings (SSSR count). The van der Waals surface area contributed by atoms with E-state index in [4.69, 9.17) is 4.74 Å². The molecule has 2 aromatic rings. The van der Waals surface area contributed by atoms with Crippen molar-refractivity contribution in [3.05, 3.63) is 69.3 Å². The molecular formula is C19H23N3O5S. The number of nitro benzene ring substituents is 1. The summed E-state index contributed by atoms with van der Waals surface area (Å²) in [6.07, 6.45) is 0. The minimum absolute atomic E-state index is 0.0603. The summed E-state index contributed by atoms with van der Waals surface area (Å²) in [5.41, 5.74) is 1.79. The molecule has 1 N–H and O–H groups in total. The summed E-state index contributed by atoms with van der Waals surface area (Å²) in [4.78, 5) is 12.5. The Morgan fingerprint density at radius 1 is 1.14 bits per heavy atom. The van der Waals surface area contributed by atoms with Crippen LogP contribution in [0.1, 0.15) is 16.7 Å². The van der Waals surface area contributed by atoms with Gasteiger partial charge < -0.3 is 4.74 Å². The van der Waals surface area contributed by atoms with Crippen LogP contribution in [0.2, 0.25) is 0 Å². The highest BCUT2D eigenvalue weighted by atomic mass is 32.2. The van der Waals surface area contributed by atoms with Crippen LogP contribution in [0.25, 0.3) is 0 Å². The van der Waals surface area contributed by atoms with Crippen molar-refractivity contribution >= 4 is 15.7 Å². The van der Waals surface area contributed by atoms with E-state index >= 15 is 0 Å². The Hall–Kier alpha value is -2.33. The molecule has 0 unspecified atom stereocenters. The van der Waals surface area contributed by atoms with Crippen LogP contribution in [0.4, 0.5) is 5.69 Å². The Labute approximate surface area is 164 Å². The number of nitro groups is 1. The van der Waals surface area contributed by atoms with Crippen molar-refractivity contribution in [1.29, 1.82) is 0 Å². The molecule has 0 aliphatic carbocycles. The standard InChI is InChI=1S/C19H23N3O5S/c1-15-4-2-7-18(22(23)24)19(15)28(25,26)20-13-16-5-3-6-17(12-16)14-21-8-10-27-11-9-21/h2-7,12,20H,8-11,13-14H2,1H3. The molecule has 9 heteroatoms. The van der Waals surface area contributed by atoms with Crippen LogP contribution in [0.3, 0.4) is 0 Å². The number of nitrogens with zero attached hydrogens (tertiary/aromatic N) is 2. The minimum atomic E-state index is -4.02. The van der Waals surface area contributed by atoms with E-state index in [2.05, 4.69) is 9.62 Å². The Bertz CT molecular complexity index is 956. The Balaban J connectivity index is 1.73. The smallest absolute Gasteiger partial charge is 0.289 e. The van der Waals surface area contributed by atoms with Gasteiger partial charge in [0.05, 0.1) is 18.1 Å². The Kier molecular flexibility index (Phi) is 6.40. The van der Waals surface area contributed by atoms with Crippen molar-refractivity contribution in [3.63, 3.8) is 0 Å². The molecule has 150 valence electrons. The monoisotopic (exact) mass is 405 g/mol. The van der Waals surface area contributed by atoms with Gasteiger partial charge in [-0.3, -0.25) is 15.0 Å². The van der Waals surface area contributed by atoms with Crippen LogP contribution in [0, 0.1) is 17.0 Å². The van der Waals surface area contributed by atoms with E-state index in [0.717, 1.165) is 30.8 Å². The largest absolute Gasteiger partial charge is 0.379 e. The van der Waals surface area contributed by atoms with Crippen LogP contribution in [-0.2, 0) is 27.8 Å². The van der Waals surface area contributed by atoms with E-state index in [1.807, 2.05) is 24.3 Å². The van der Waals surface area contributed by atoms with Gasteiger partial charge in [0.2, 0.25) is 10.0 Å². The molecule has 0 radical (unpaired) electrons. The zero-order valence-electron chi connectivity index (χ0n) is 15.6. The van der Waals surface area contributed by atoms with E-state index in [1.165, 1.54) is 12.1 Å². The molecule has 8 nitrogen and oxygen atoms in total. The predicted octanol–water partition coefficient (Wildman–Crippen LogP) is 2.21.